The van der Waals surface area contributed by atoms with Gasteiger partial charge in [0.1, 0.15) is 10.8 Å². The number of ether oxygens (including phenoxy) is 1. The van der Waals surface area contributed by atoms with Crippen LogP contribution in [-0.2, 0) is 0 Å². The second-order valence-electron chi connectivity index (χ2n) is 4.95. The summed E-state index contributed by atoms with van der Waals surface area (Å²) in [7, 11) is 1.59. The largest absolute Gasteiger partial charge is 0.495 e. The zero-order chi connectivity index (χ0) is 15.0. The maximum atomic E-state index is 6.32. The van der Waals surface area contributed by atoms with Gasteiger partial charge in [-0.15, -0.1) is 11.3 Å². The Labute approximate surface area is 131 Å². The van der Waals surface area contributed by atoms with E-state index in [-0.39, 0.29) is 0 Å². The molecule has 0 unspecified atom stereocenters. The summed E-state index contributed by atoms with van der Waals surface area (Å²) in [6.07, 6.45) is 1.76. The van der Waals surface area contributed by atoms with E-state index in [0.717, 1.165) is 16.1 Å². The van der Waals surface area contributed by atoms with Crippen LogP contribution in [0.25, 0.3) is 21.7 Å². The van der Waals surface area contributed by atoms with Crippen molar-refractivity contribution < 1.29 is 4.74 Å². The maximum Gasteiger partial charge on any atom is 0.189 e. The van der Waals surface area contributed by atoms with E-state index >= 15 is 0 Å². The first-order valence-corrected chi connectivity index (χ1v) is 7.81. The van der Waals surface area contributed by atoms with Crippen molar-refractivity contribution in [1.82, 2.24) is 15.0 Å². The highest BCUT2D eigenvalue weighted by molar-refractivity contribution is 7.13. The molecule has 0 radical (unpaired) electrons. The summed E-state index contributed by atoms with van der Waals surface area (Å²) in [4.78, 5) is 13.5. The predicted octanol–water partition coefficient (Wildman–Crippen LogP) is 4.54. The van der Waals surface area contributed by atoms with Crippen molar-refractivity contribution >= 4 is 33.8 Å². The molecule has 0 saturated carbocycles. The van der Waals surface area contributed by atoms with Gasteiger partial charge in [0.15, 0.2) is 10.8 Å². The number of thiazole rings is 1. The standard InChI is InChI=1S/C15H14ClN3OS/c1-8(2)10-7-21-15(18-10)14-17-6-9-4-5-11(20-3)12(16)13(9)19-14/h4-8H,1-3H3. The molecule has 0 bridgehead atoms. The highest BCUT2D eigenvalue weighted by Crippen LogP contribution is 2.33. The molecule has 0 N–H and O–H groups in total. The molecular weight excluding hydrogens is 306 g/mol. The molecule has 3 rings (SSSR count). The van der Waals surface area contributed by atoms with Gasteiger partial charge in [0, 0.05) is 17.0 Å². The van der Waals surface area contributed by atoms with Crippen LogP contribution < -0.4 is 4.74 Å². The zero-order valence-corrected chi connectivity index (χ0v) is 13.5. The van der Waals surface area contributed by atoms with Crippen molar-refractivity contribution in [1.29, 1.82) is 0 Å². The summed E-state index contributed by atoms with van der Waals surface area (Å²) in [5.74, 6) is 1.59. The molecule has 4 nitrogen and oxygen atoms in total. The monoisotopic (exact) mass is 319 g/mol. The summed E-state index contributed by atoms with van der Waals surface area (Å²) in [5.41, 5.74) is 1.73. The van der Waals surface area contributed by atoms with E-state index in [4.69, 9.17) is 16.3 Å². The van der Waals surface area contributed by atoms with Gasteiger partial charge in [-0.05, 0) is 18.1 Å². The SMILES string of the molecule is COc1ccc2cnc(-c3nc(C(C)C)cs3)nc2c1Cl. The van der Waals surface area contributed by atoms with E-state index in [9.17, 15) is 0 Å². The lowest BCUT2D eigenvalue weighted by Crippen LogP contribution is -1.93. The number of halogens is 1. The number of benzene rings is 1. The number of methoxy groups -OCH3 is 1. The van der Waals surface area contributed by atoms with Gasteiger partial charge in [0.2, 0.25) is 0 Å². The first-order chi connectivity index (χ1) is 10.1. The number of aromatic nitrogens is 3. The molecule has 6 heteroatoms. The molecule has 0 saturated heterocycles. The van der Waals surface area contributed by atoms with Gasteiger partial charge in [-0.2, -0.15) is 0 Å². The van der Waals surface area contributed by atoms with Gasteiger partial charge < -0.3 is 4.74 Å². The third-order valence-corrected chi connectivity index (χ3v) is 4.40. The summed E-state index contributed by atoms with van der Waals surface area (Å²) < 4.78 is 5.23. The lowest BCUT2D eigenvalue weighted by Gasteiger charge is -2.06. The Morgan fingerprint density at radius 3 is 2.71 bits per heavy atom. The quantitative estimate of drug-likeness (QED) is 0.711. The van der Waals surface area contributed by atoms with Crippen LogP contribution in [0, 0.1) is 0 Å². The molecule has 0 aliphatic heterocycles. The summed E-state index contributed by atoms with van der Waals surface area (Å²) >= 11 is 7.87. The minimum Gasteiger partial charge on any atom is -0.495 e. The van der Waals surface area contributed by atoms with Crippen molar-refractivity contribution in [2.45, 2.75) is 19.8 Å². The summed E-state index contributed by atoms with van der Waals surface area (Å²) in [6.45, 7) is 4.23. The van der Waals surface area contributed by atoms with Gasteiger partial charge in [0.05, 0.1) is 18.3 Å². The Hall–Kier alpha value is -1.72. The topological polar surface area (TPSA) is 47.9 Å². The molecular formula is C15H14ClN3OS. The highest BCUT2D eigenvalue weighted by atomic mass is 35.5. The molecule has 0 aliphatic rings. The van der Waals surface area contributed by atoms with E-state index in [1.165, 1.54) is 0 Å². The van der Waals surface area contributed by atoms with Crippen LogP contribution >= 0.6 is 22.9 Å². The van der Waals surface area contributed by atoms with Crippen molar-refractivity contribution in [3.63, 3.8) is 0 Å². The second-order valence-corrected chi connectivity index (χ2v) is 6.18. The number of hydrogen-bond donors (Lipinski definition) is 0. The van der Waals surface area contributed by atoms with E-state index in [1.807, 2.05) is 17.5 Å². The van der Waals surface area contributed by atoms with Crippen molar-refractivity contribution in [2.75, 3.05) is 7.11 Å². The average Bonchev–Trinajstić information content (AvgIpc) is 2.97. The molecule has 0 aliphatic carbocycles. The Morgan fingerprint density at radius 2 is 2.05 bits per heavy atom. The fourth-order valence-corrected chi connectivity index (χ4v) is 3.17. The van der Waals surface area contributed by atoms with Crippen LogP contribution in [0.1, 0.15) is 25.5 Å². The Bertz CT molecular complexity index is 801. The molecule has 2 aromatic heterocycles. The van der Waals surface area contributed by atoms with Gasteiger partial charge in [-0.25, -0.2) is 15.0 Å². The van der Waals surface area contributed by atoms with Crippen molar-refractivity contribution in [3.8, 4) is 16.6 Å². The van der Waals surface area contributed by atoms with Crippen LogP contribution in [0.4, 0.5) is 0 Å². The van der Waals surface area contributed by atoms with Crippen LogP contribution in [-0.4, -0.2) is 22.1 Å². The Balaban J connectivity index is 2.13. The molecule has 0 amide bonds. The van der Waals surface area contributed by atoms with Gasteiger partial charge >= 0.3 is 0 Å². The van der Waals surface area contributed by atoms with Gasteiger partial charge in [-0.1, -0.05) is 25.4 Å². The van der Waals surface area contributed by atoms with E-state index in [2.05, 4.69) is 28.8 Å². The van der Waals surface area contributed by atoms with E-state index < -0.39 is 0 Å². The lowest BCUT2D eigenvalue weighted by atomic mass is 10.2. The zero-order valence-electron chi connectivity index (χ0n) is 11.9. The molecule has 2 heterocycles. The van der Waals surface area contributed by atoms with Crippen molar-refractivity contribution in [3.05, 3.63) is 34.4 Å². The van der Waals surface area contributed by atoms with Crippen LogP contribution in [0.15, 0.2) is 23.7 Å². The highest BCUT2D eigenvalue weighted by Gasteiger charge is 2.13. The second kappa shape index (κ2) is 5.58. The fourth-order valence-electron chi connectivity index (χ4n) is 1.96. The molecule has 0 fully saturated rings. The Kier molecular flexibility index (Phi) is 3.78. The maximum absolute atomic E-state index is 6.32. The third-order valence-electron chi connectivity index (χ3n) is 3.18. The minimum atomic E-state index is 0.388. The van der Waals surface area contributed by atoms with Crippen LogP contribution in [0.5, 0.6) is 5.75 Å². The Morgan fingerprint density at radius 1 is 1.24 bits per heavy atom. The van der Waals surface area contributed by atoms with Crippen LogP contribution in [0.2, 0.25) is 5.02 Å². The predicted molar refractivity (Wildman–Crippen MR) is 86.3 cm³/mol. The molecule has 1 aromatic carbocycles. The fraction of sp³-hybridized carbons (Fsp3) is 0.267. The normalized spacial score (nSPS) is 11.3. The molecule has 21 heavy (non-hydrogen) atoms. The average molecular weight is 320 g/mol. The molecule has 0 spiro atoms. The molecule has 108 valence electrons. The van der Waals surface area contributed by atoms with Gasteiger partial charge in [-0.3, -0.25) is 0 Å². The van der Waals surface area contributed by atoms with E-state index in [1.54, 1.807) is 24.6 Å². The number of nitrogens with zero attached hydrogens (tertiary/aromatic N) is 3. The van der Waals surface area contributed by atoms with E-state index in [0.29, 0.717) is 28.0 Å². The minimum absolute atomic E-state index is 0.388. The van der Waals surface area contributed by atoms with Gasteiger partial charge in [0.25, 0.3) is 0 Å². The summed E-state index contributed by atoms with van der Waals surface area (Å²) in [6, 6.07) is 3.71. The molecule has 3 aromatic rings. The molecule has 0 atom stereocenters. The number of fused-ring (bicyclic) bond motifs is 1. The first-order valence-electron chi connectivity index (χ1n) is 6.55. The number of rotatable bonds is 3. The van der Waals surface area contributed by atoms with Crippen molar-refractivity contribution in [2.24, 2.45) is 0 Å². The summed E-state index contributed by atoms with van der Waals surface area (Å²) in [5, 5.41) is 4.23. The number of hydrogen-bond acceptors (Lipinski definition) is 5. The third kappa shape index (κ3) is 2.59. The lowest BCUT2D eigenvalue weighted by molar-refractivity contribution is 0.415. The van der Waals surface area contributed by atoms with Crippen LogP contribution in [0.3, 0.4) is 0 Å². The first kappa shape index (κ1) is 14.2. The smallest absolute Gasteiger partial charge is 0.189 e.